The number of anilines is 1. The zero-order valence-corrected chi connectivity index (χ0v) is 24.7. The molecule has 2 aromatic rings. The standard InChI is InChI=1S/C34H52N2S/c1-4-6-8-9-10-11-12-13-14-15-16-17-18-19-20-26-36(25-7-5-2)30-22-24-32-34(28-30)37-33-27-29(3)21-23-31(33)35-32/h21-24,27-28H,3-20,25-26H2,1-2H3. The Morgan fingerprint density at radius 3 is 1.81 bits per heavy atom. The summed E-state index contributed by atoms with van der Waals surface area (Å²) in [7, 11) is 0. The minimum atomic E-state index is 1.05. The van der Waals surface area contributed by atoms with E-state index in [4.69, 9.17) is 4.99 Å². The lowest BCUT2D eigenvalue weighted by Crippen LogP contribution is -2.25. The van der Waals surface area contributed by atoms with E-state index in [1.54, 1.807) is 0 Å². The van der Waals surface area contributed by atoms with Crippen LogP contribution in [0.1, 0.15) is 123 Å². The van der Waals surface area contributed by atoms with Crippen molar-refractivity contribution in [2.45, 2.75) is 133 Å². The summed E-state index contributed by atoms with van der Waals surface area (Å²) in [5.74, 6) is 0. The monoisotopic (exact) mass is 520 g/mol. The Morgan fingerprint density at radius 2 is 1.19 bits per heavy atom. The van der Waals surface area contributed by atoms with Crippen molar-refractivity contribution < 1.29 is 0 Å². The van der Waals surface area contributed by atoms with Crippen LogP contribution in [0.4, 0.5) is 11.4 Å². The van der Waals surface area contributed by atoms with E-state index in [0.717, 1.165) is 22.8 Å². The number of nitrogens with zero attached hydrogens (tertiary/aromatic N) is 2. The van der Waals surface area contributed by atoms with Crippen LogP contribution in [-0.4, -0.2) is 13.1 Å². The summed E-state index contributed by atoms with van der Waals surface area (Å²) in [5, 5.41) is 2.12. The van der Waals surface area contributed by atoms with Crippen LogP contribution in [0, 0.1) is 0 Å². The molecule has 0 saturated heterocycles. The fourth-order valence-corrected chi connectivity index (χ4v) is 6.31. The molecule has 3 rings (SSSR count). The molecule has 204 valence electrons. The van der Waals surface area contributed by atoms with Crippen molar-refractivity contribution in [1.29, 1.82) is 0 Å². The highest BCUT2D eigenvalue weighted by Gasteiger charge is 2.14. The summed E-state index contributed by atoms with van der Waals surface area (Å²) < 4.78 is 0. The van der Waals surface area contributed by atoms with Crippen LogP contribution in [0.15, 0.2) is 51.2 Å². The van der Waals surface area contributed by atoms with Gasteiger partial charge in [0.05, 0.1) is 11.0 Å². The lowest BCUT2D eigenvalue weighted by atomic mass is 10.0. The number of hydrogen-bond donors (Lipinski definition) is 0. The van der Waals surface area contributed by atoms with Crippen LogP contribution in [0.25, 0.3) is 6.58 Å². The molecule has 1 aliphatic rings. The second-order valence-electron chi connectivity index (χ2n) is 11.0. The van der Waals surface area contributed by atoms with Gasteiger partial charge in [0.15, 0.2) is 0 Å². The van der Waals surface area contributed by atoms with Crippen LogP contribution < -0.4 is 15.5 Å². The third-order valence-corrected chi connectivity index (χ3v) is 8.70. The Morgan fingerprint density at radius 1 is 0.622 bits per heavy atom. The molecule has 0 spiro atoms. The zero-order chi connectivity index (χ0) is 26.1. The number of benzene rings is 2. The Balaban J connectivity index is 1.33. The van der Waals surface area contributed by atoms with Gasteiger partial charge in [0.2, 0.25) is 0 Å². The molecule has 37 heavy (non-hydrogen) atoms. The van der Waals surface area contributed by atoms with Gasteiger partial charge in [-0.2, -0.15) is 0 Å². The maximum Gasteiger partial charge on any atom is 0.0778 e. The van der Waals surface area contributed by atoms with Crippen molar-refractivity contribution in [3.63, 3.8) is 0 Å². The van der Waals surface area contributed by atoms with Crippen LogP contribution in [0.3, 0.4) is 0 Å². The Hall–Kier alpha value is -1.74. The third kappa shape index (κ3) is 10.9. The van der Waals surface area contributed by atoms with Gasteiger partial charge in [-0.1, -0.05) is 135 Å². The topological polar surface area (TPSA) is 15.6 Å². The lowest BCUT2D eigenvalue weighted by Gasteiger charge is -2.26. The van der Waals surface area contributed by atoms with Crippen LogP contribution in [0.2, 0.25) is 0 Å². The molecule has 0 N–H and O–H groups in total. The molecular weight excluding hydrogens is 468 g/mol. The molecule has 2 nitrogen and oxygen atoms in total. The average molecular weight is 521 g/mol. The van der Waals surface area contributed by atoms with Gasteiger partial charge in [0.1, 0.15) is 0 Å². The van der Waals surface area contributed by atoms with Crippen LogP contribution in [-0.2, 0) is 0 Å². The van der Waals surface area contributed by atoms with Gasteiger partial charge in [-0.05, 0) is 48.4 Å². The predicted molar refractivity (Wildman–Crippen MR) is 165 cm³/mol. The number of hydrogen-bond acceptors (Lipinski definition) is 3. The maximum atomic E-state index is 4.89. The molecule has 2 aromatic carbocycles. The molecule has 0 aromatic heterocycles. The summed E-state index contributed by atoms with van der Waals surface area (Å²) in [5.41, 5.74) is 2.45. The maximum absolute atomic E-state index is 4.89. The highest BCUT2D eigenvalue weighted by Crippen LogP contribution is 2.38. The van der Waals surface area contributed by atoms with Gasteiger partial charge in [-0.25, -0.2) is 4.99 Å². The van der Waals surface area contributed by atoms with Crippen molar-refractivity contribution in [3.05, 3.63) is 47.0 Å². The number of unbranched alkanes of at least 4 members (excludes halogenated alkanes) is 15. The first-order valence-electron chi connectivity index (χ1n) is 15.5. The van der Waals surface area contributed by atoms with Crippen molar-refractivity contribution in [3.8, 4) is 0 Å². The van der Waals surface area contributed by atoms with Gasteiger partial charge >= 0.3 is 0 Å². The van der Waals surface area contributed by atoms with E-state index in [9.17, 15) is 0 Å². The van der Waals surface area contributed by atoms with Crippen LogP contribution in [0.5, 0.6) is 0 Å². The van der Waals surface area contributed by atoms with Crippen molar-refractivity contribution in [2.75, 3.05) is 18.0 Å². The van der Waals surface area contributed by atoms with Crippen molar-refractivity contribution >= 4 is 29.7 Å². The number of fused-ring (bicyclic) bond motifs is 2. The highest BCUT2D eigenvalue weighted by molar-refractivity contribution is 7.99. The summed E-state index contributed by atoms with van der Waals surface area (Å²) in [6, 6.07) is 13.2. The SMILES string of the molecule is C=c1ccc2c(c1)Sc1cc(N(CCCC)CCCCCCCCCCCCCCCCC)ccc1N=2. The minimum Gasteiger partial charge on any atom is -0.372 e. The molecule has 0 fully saturated rings. The normalized spacial score (nSPS) is 12.2. The smallest absolute Gasteiger partial charge is 0.0778 e. The van der Waals surface area contributed by atoms with E-state index in [-0.39, 0.29) is 0 Å². The van der Waals surface area contributed by atoms with Gasteiger partial charge in [-0.3, -0.25) is 0 Å². The summed E-state index contributed by atoms with van der Waals surface area (Å²) >= 11 is 1.84. The van der Waals surface area contributed by atoms with E-state index in [1.165, 1.54) is 131 Å². The Kier molecular flexibility index (Phi) is 14.3. The fourth-order valence-electron chi connectivity index (χ4n) is 5.25. The molecule has 0 aliphatic carbocycles. The first-order chi connectivity index (χ1) is 18.2. The van der Waals surface area contributed by atoms with Crippen LogP contribution >= 0.6 is 11.8 Å². The molecule has 0 radical (unpaired) electrons. The molecule has 0 unspecified atom stereocenters. The second kappa shape index (κ2) is 17.7. The quantitative estimate of drug-likeness (QED) is 0.138. The minimum absolute atomic E-state index is 1.05. The Labute approximate surface area is 232 Å². The summed E-state index contributed by atoms with van der Waals surface area (Å²) in [4.78, 5) is 10.00. The van der Waals surface area contributed by atoms with Crippen molar-refractivity contribution in [1.82, 2.24) is 0 Å². The fraction of sp³-hybridized carbons (Fsp3) is 0.618. The summed E-state index contributed by atoms with van der Waals surface area (Å²) in [6.07, 6.45) is 23.8. The Bertz CT molecular complexity index is 1010. The first kappa shape index (κ1) is 29.8. The van der Waals surface area contributed by atoms with Gasteiger partial charge in [-0.15, -0.1) is 0 Å². The molecule has 0 bridgehead atoms. The predicted octanol–water partition coefficient (Wildman–Crippen LogP) is 9.99. The molecule has 1 heterocycles. The van der Waals surface area contributed by atoms with E-state index in [1.807, 2.05) is 17.8 Å². The zero-order valence-electron chi connectivity index (χ0n) is 23.9. The molecule has 3 heteroatoms. The third-order valence-electron chi connectivity index (χ3n) is 7.61. The molecular formula is C34H52N2S. The van der Waals surface area contributed by atoms with Gasteiger partial charge < -0.3 is 4.90 Å². The molecule has 0 amide bonds. The van der Waals surface area contributed by atoms with E-state index < -0.39 is 0 Å². The van der Waals surface area contributed by atoms with E-state index >= 15 is 0 Å². The molecule has 0 atom stereocenters. The number of rotatable bonds is 20. The second-order valence-corrected chi connectivity index (χ2v) is 12.0. The van der Waals surface area contributed by atoms with E-state index in [2.05, 4.69) is 55.7 Å². The molecule has 1 aliphatic heterocycles. The lowest BCUT2D eigenvalue weighted by molar-refractivity contribution is 0.531. The first-order valence-corrected chi connectivity index (χ1v) is 16.3. The highest BCUT2D eigenvalue weighted by atomic mass is 32.2. The average Bonchev–Trinajstić information content (AvgIpc) is 2.91. The largest absolute Gasteiger partial charge is 0.372 e. The molecule has 0 saturated carbocycles. The summed E-state index contributed by atoms with van der Waals surface area (Å²) in [6.45, 7) is 11.0. The van der Waals surface area contributed by atoms with E-state index in [0.29, 0.717) is 0 Å². The van der Waals surface area contributed by atoms with Gasteiger partial charge in [0, 0.05) is 28.6 Å². The van der Waals surface area contributed by atoms with Crippen molar-refractivity contribution in [2.24, 2.45) is 4.99 Å². The van der Waals surface area contributed by atoms with Gasteiger partial charge in [0.25, 0.3) is 0 Å².